The van der Waals surface area contributed by atoms with Gasteiger partial charge in [-0.3, -0.25) is 0 Å². The van der Waals surface area contributed by atoms with Crippen LogP contribution < -0.4 is 9.26 Å². The van der Waals surface area contributed by atoms with Gasteiger partial charge in [0, 0.05) is 35.8 Å². The van der Waals surface area contributed by atoms with Gasteiger partial charge in [-0.05, 0) is 0 Å². The van der Waals surface area contributed by atoms with Gasteiger partial charge >= 0.3 is 8.60 Å². The van der Waals surface area contributed by atoms with E-state index in [1.54, 1.807) is 21.3 Å². The maximum atomic E-state index is 6.00. The summed E-state index contributed by atoms with van der Waals surface area (Å²) in [4.78, 5) is 0. The molecule has 114 valence electrons. The number of benzene rings is 3. The number of rotatable bonds is 5. The summed E-state index contributed by atoms with van der Waals surface area (Å²) in [6.45, 7) is 0. The molecule has 3 aromatic rings. The van der Waals surface area contributed by atoms with E-state index in [9.17, 15) is 0 Å². The molecule has 5 heteroatoms. The molecule has 0 aliphatic rings. The van der Waals surface area contributed by atoms with Crippen LogP contribution in [0.15, 0.2) is 48.5 Å². The smallest absolute Gasteiger partial charge is 0.396 e. The van der Waals surface area contributed by atoms with Gasteiger partial charge in [0.05, 0.1) is 7.11 Å². The van der Waals surface area contributed by atoms with E-state index in [0.717, 1.165) is 33.0 Å². The highest BCUT2D eigenvalue weighted by molar-refractivity contribution is 7.42. The maximum Gasteiger partial charge on any atom is 0.396 e. The second-order valence-electron chi connectivity index (χ2n) is 4.63. The Morgan fingerprint density at radius 2 is 1.05 bits per heavy atom. The molecule has 0 radical (unpaired) electrons. The van der Waals surface area contributed by atoms with Crippen molar-refractivity contribution in [3.8, 4) is 11.5 Å². The number of ether oxygens (including phenoxy) is 1. The van der Waals surface area contributed by atoms with Crippen molar-refractivity contribution >= 4 is 30.1 Å². The number of fused-ring (bicyclic) bond motifs is 2. The van der Waals surface area contributed by atoms with E-state index < -0.39 is 8.60 Å². The molecule has 0 unspecified atom stereocenters. The Morgan fingerprint density at radius 3 is 1.41 bits per heavy atom. The first-order valence-corrected chi connectivity index (χ1v) is 7.93. The summed E-state index contributed by atoms with van der Waals surface area (Å²) in [7, 11) is 3.40. The van der Waals surface area contributed by atoms with Crippen LogP contribution in [0.4, 0.5) is 0 Å². The van der Waals surface area contributed by atoms with Gasteiger partial charge in [-0.25, -0.2) is 0 Å². The highest BCUT2D eigenvalue weighted by atomic mass is 31.2. The lowest BCUT2D eigenvalue weighted by molar-refractivity contribution is 0.278. The summed E-state index contributed by atoms with van der Waals surface area (Å²) in [5.41, 5.74) is 0. The molecule has 0 amide bonds. The molecule has 0 aromatic heterocycles. The molecule has 0 heterocycles. The highest BCUT2D eigenvalue weighted by Crippen LogP contribution is 2.48. The van der Waals surface area contributed by atoms with Crippen LogP contribution in [-0.4, -0.2) is 21.3 Å². The van der Waals surface area contributed by atoms with Crippen LogP contribution in [0.1, 0.15) is 0 Å². The quantitative estimate of drug-likeness (QED) is 0.495. The largest absolute Gasteiger partial charge is 0.495 e. The van der Waals surface area contributed by atoms with Crippen LogP contribution in [-0.2, 0) is 9.05 Å². The fourth-order valence-electron chi connectivity index (χ4n) is 2.59. The summed E-state index contributed by atoms with van der Waals surface area (Å²) < 4.78 is 22.1. The monoisotopic (exact) mass is 316 g/mol. The Labute approximate surface area is 130 Å². The van der Waals surface area contributed by atoms with Gasteiger partial charge in [0.15, 0.2) is 0 Å². The molecule has 0 bridgehead atoms. The Bertz CT molecular complexity index is 742. The molecule has 3 aromatic carbocycles. The van der Waals surface area contributed by atoms with E-state index in [0.29, 0.717) is 0 Å². The molecule has 0 aliphatic carbocycles. The zero-order valence-electron chi connectivity index (χ0n) is 12.7. The second-order valence-corrected chi connectivity index (χ2v) is 5.99. The van der Waals surface area contributed by atoms with E-state index >= 15 is 0 Å². The zero-order valence-corrected chi connectivity index (χ0v) is 13.6. The average Bonchev–Trinajstić information content (AvgIpc) is 2.58. The van der Waals surface area contributed by atoms with E-state index in [-0.39, 0.29) is 0 Å². The van der Waals surface area contributed by atoms with E-state index in [1.807, 2.05) is 48.5 Å². The third-order valence-corrected chi connectivity index (χ3v) is 4.43. The molecule has 0 N–H and O–H groups in total. The van der Waals surface area contributed by atoms with Crippen LogP contribution in [0, 0.1) is 0 Å². The van der Waals surface area contributed by atoms with Gasteiger partial charge in [-0.1, -0.05) is 48.5 Å². The van der Waals surface area contributed by atoms with Crippen molar-refractivity contribution in [2.24, 2.45) is 0 Å². The van der Waals surface area contributed by atoms with Crippen molar-refractivity contribution in [3.05, 3.63) is 48.5 Å². The second kappa shape index (κ2) is 6.49. The molecule has 0 saturated heterocycles. The third-order valence-electron chi connectivity index (χ3n) is 3.50. The highest BCUT2D eigenvalue weighted by Gasteiger charge is 2.19. The predicted octanol–water partition coefficient (Wildman–Crippen LogP) is 4.90. The van der Waals surface area contributed by atoms with Gasteiger partial charge in [-0.15, -0.1) is 0 Å². The molecule has 3 rings (SSSR count). The van der Waals surface area contributed by atoms with Crippen molar-refractivity contribution < 1.29 is 18.3 Å². The molecule has 4 nitrogen and oxygen atoms in total. The topological polar surface area (TPSA) is 36.9 Å². The first-order chi connectivity index (χ1) is 10.8. The average molecular weight is 316 g/mol. The van der Waals surface area contributed by atoms with Crippen molar-refractivity contribution in [3.63, 3.8) is 0 Å². The minimum atomic E-state index is -1.43. The van der Waals surface area contributed by atoms with Crippen molar-refractivity contribution in [1.82, 2.24) is 0 Å². The van der Waals surface area contributed by atoms with Crippen molar-refractivity contribution in [2.45, 2.75) is 0 Å². The van der Waals surface area contributed by atoms with Crippen LogP contribution in [0.5, 0.6) is 11.5 Å². The van der Waals surface area contributed by atoms with Crippen LogP contribution in [0.2, 0.25) is 0 Å². The lowest BCUT2D eigenvalue weighted by Gasteiger charge is -2.18. The summed E-state index contributed by atoms with van der Waals surface area (Å²) in [5.74, 6) is 1.60. The number of hydrogen-bond acceptors (Lipinski definition) is 4. The van der Waals surface area contributed by atoms with Gasteiger partial charge in [0.25, 0.3) is 0 Å². The Hall–Kier alpha value is -1.87. The molecular weight excluding hydrogens is 299 g/mol. The SMILES string of the molecule is COc1c2ccccc2c(OP(OC)OC)c2ccccc12. The van der Waals surface area contributed by atoms with Crippen molar-refractivity contribution in [2.75, 3.05) is 21.3 Å². The molecule has 0 fully saturated rings. The van der Waals surface area contributed by atoms with Gasteiger partial charge < -0.3 is 18.3 Å². The number of hydrogen-bond donors (Lipinski definition) is 0. The molecule has 0 atom stereocenters. The fourth-order valence-corrected chi connectivity index (χ4v) is 3.23. The fraction of sp³-hybridized carbons (Fsp3) is 0.176. The summed E-state index contributed by atoms with van der Waals surface area (Å²) in [5, 5.41) is 3.95. The van der Waals surface area contributed by atoms with Crippen LogP contribution in [0.25, 0.3) is 21.5 Å². The van der Waals surface area contributed by atoms with Gasteiger partial charge in [0.2, 0.25) is 0 Å². The summed E-state index contributed by atoms with van der Waals surface area (Å²) >= 11 is 0. The van der Waals surface area contributed by atoms with E-state index in [2.05, 4.69) is 0 Å². The van der Waals surface area contributed by atoms with Gasteiger partial charge in [0.1, 0.15) is 11.5 Å². The molecule has 22 heavy (non-hydrogen) atoms. The van der Waals surface area contributed by atoms with Gasteiger partial charge in [-0.2, -0.15) is 0 Å². The minimum Gasteiger partial charge on any atom is -0.495 e. The van der Waals surface area contributed by atoms with Crippen LogP contribution >= 0.6 is 8.60 Å². The molecule has 0 aliphatic heterocycles. The normalized spacial score (nSPS) is 11.3. The Morgan fingerprint density at radius 1 is 0.636 bits per heavy atom. The van der Waals surface area contributed by atoms with E-state index in [1.165, 1.54) is 0 Å². The van der Waals surface area contributed by atoms with Crippen LogP contribution in [0.3, 0.4) is 0 Å². The Kier molecular flexibility index (Phi) is 4.44. The maximum absolute atomic E-state index is 6.00. The zero-order chi connectivity index (χ0) is 15.5. The molecule has 0 spiro atoms. The first-order valence-electron chi connectivity index (χ1n) is 6.84. The Balaban J connectivity index is 2.36. The minimum absolute atomic E-state index is 0.752. The summed E-state index contributed by atoms with van der Waals surface area (Å²) in [6.07, 6.45) is 0. The standard InChI is InChI=1S/C17H17O4P/c1-18-16-12-8-4-6-10-14(12)17(21-22(19-2)20-3)15-11-7-5-9-13(15)16/h4-11H,1-3H3. The first kappa shape index (κ1) is 15.0. The summed E-state index contributed by atoms with van der Waals surface area (Å²) in [6, 6.07) is 16.0. The molecule has 0 saturated carbocycles. The lowest BCUT2D eigenvalue weighted by atomic mass is 10.0. The number of methoxy groups -OCH3 is 1. The molecular formula is C17H17O4P. The predicted molar refractivity (Wildman–Crippen MR) is 89.6 cm³/mol. The van der Waals surface area contributed by atoms with E-state index in [4.69, 9.17) is 18.3 Å². The van der Waals surface area contributed by atoms with Crippen molar-refractivity contribution in [1.29, 1.82) is 0 Å². The lowest BCUT2D eigenvalue weighted by Crippen LogP contribution is -1.95. The third kappa shape index (κ3) is 2.50.